The molecule has 0 aromatic heterocycles. The SMILES string of the molecule is O.[KH].[O]=[Mn](=[O])(=[O])[OH]. The third-order valence-electron chi connectivity index (χ3n) is 0. The third-order valence-corrected chi connectivity index (χ3v) is 0. The van der Waals surface area contributed by atoms with Crippen LogP contribution in [0.5, 0.6) is 0 Å². The minimum atomic E-state index is -5.38. The van der Waals surface area contributed by atoms with E-state index in [0.29, 0.717) is 0 Å². The summed E-state index contributed by atoms with van der Waals surface area (Å²) in [4.78, 5) is 0. The topological polar surface area (TPSA) is 103 Å². The van der Waals surface area contributed by atoms with Gasteiger partial charge >= 0.3 is 80.0 Å². The van der Waals surface area contributed by atoms with E-state index in [0.717, 1.165) is 0 Å². The fourth-order valence-electron chi connectivity index (χ4n) is 0. The van der Waals surface area contributed by atoms with E-state index in [4.69, 9.17) is 15.7 Å². The molecule has 0 saturated heterocycles. The van der Waals surface area contributed by atoms with Gasteiger partial charge in [0.2, 0.25) is 0 Å². The molecule has 0 aliphatic rings. The molecule has 0 unspecified atom stereocenters. The molecule has 0 aliphatic heterocycles. The van der Waals surface area contributed by atoms with Crippen molar-refractivity contribution in [3.05, 3.63) is 0 Å². The predicted octanol–water partition coefficient (Wildman–Crippen LogP) is -2.39. The van der Waals surface area contributed by atoms with Gasteiger partial charge in [-0.25, -0.2) is 0 Å². The summed E-state index contributed by atoms with van der Waals surface area (Å²) in [6.07, 6.45) is 0. The van der Waals surface area contributed by atoms with Crippen LogP contribution in [0.4, 0.5) is 0 Å². The molecule has 7 heavy (non-hydrogen) atoms. The van der Waals surface area contributed by atoms with Gasteiger partial charge < -0.3 is 5.48 Å². The molecule has 0 radical (unpaired) electrons. The first-order valence-corrected chi connectivity index (χ1v) is 2.61. The molecule has 0 spiro atoms. The van der Waals surface area contributed by atoms with Crippen molar-refractivity contribution >= 4 is 51.4 Å². The normalized spacial score (nSPS) is 8.14. The Kier molecular flexibility index (Phi) is 12.7. The van der Waals surface area contributed by atoms with E-state index in [2.05, 4.69) is 0 Å². The van der Waals surface area contributed by atoms with Crippen LogP contribution in [0.3, 0.4) is 0 Å². The maximum atomic E-state index is 8.69. The van der Waals surface area contributed by atoms with E-state index in [9.17, 15) is 0 Å². The van der Waals surface area contributed by atoms with E-state index < -0.39 is 13.0 Å². The molecule has 42 valence electrons. The summed E-state index contributed by atoms with van der Waals surface area (Å²) >= 11 is -5.38. The van der Waals surface area contributed by atoms with Crippen LogP contribution in [0.2, 0.25) is 0 Å². The van der Waals surface area contributed by atoms with Crippen LogP contribution in [0.1, 0.15) is 0 Å². The van der Waals surface area contributed by atoms with Crippen molar-refractivity contribution in [1.82, 2.24) is 0 Å². The second-order valence-corrected chi connectivity index (χ2v) is 1.63. The summed E-state index contributed by atoms with van der Waals surface area (Å²) in [6, 6.07) is 0. The Balaban J connectivity index is -0.0000000800. The zero-order chi connectivity index (χ0) is 4.50. The third kappa shape index (κ3) is 103. The second kappa shape index (κ2) is 5.61. The molecule has 0 atom stereocenters. The molecule has 0 aromatic rings. The number of hydrogen-bond donors (Lipinski definition) is 1. The van der Waals surface area contributed by atoms with Gasteiger partial charge in [0.1, 0.15) is 0 Å². The fourth-order valence-corrected chi connectivity index (χ4v) is 0. The molecular weight excluding hydrogens is 174 g/mol. The first-order chi connectivity index (χ1) is 2.00. The molecule has 0 rings (SSSR count). The maximum absolute atomic E-state index is 8.69. The predicted molar refractivity (Wildman–Crippen MR) is 15.0 cm³/mol. The van der Waals surface area contributed by atoms with E-state index >= 15 is 0 Å². The van der Waals surface area contributed by atoms with Crippen molar-refractivity contribution < 1.29 is 34.1 Å². The average molecular weight is 178 g/mol. The van der Waals surface area contributed by atoms with Gasteiger partial charge in [0.05, 0.1) is 0 Å². The van der Waals surface area contributed by atoms with Gasteiger partial charge in [-0.3, -0.25) is 0 Å². The van der Waals surface area contributed by atoms with Crippen molar-refractivity contribution in [3.8, 4) is 0 Å². The molecule has 0 bridgehead atoms. The van der Waals surface area contributed by atoms with Crippen LogP contribution in [0.15, 0.2) is 0 Å². The van der Waals surface area contributed by atoms with Gasteiger partial charge in [0.25, 0.3) is 0 Å². The van der Waals surface area contributed by atoms with Gasteiger partial charge in [-0.2, -0.15) is 0 Å². The Morgan fingerprint density at radius 1 is 1.14 bits per heavy atom. The molecule has 5 nitrogen and oxygen atoms in total. The van der Waals surface area contributed by atoms with Gasteiger partial charge in [-0.1, -0.05) is 0 Å². The van der Waals surface area contributed by atoms with Crippen molar-refractivity contribution in [1.29, 1.82) is 0 Å². The van der Waals surface area contributed by atoms with Crippen molar-refractivity contribution in [2.75, 3.05) is 0 Å². The van der Waals surface area contributed by atoms with Crippen molar-refractivity contribution in [2.45, 2.75) is 0 Å². The summed E-state index contributed by atoms with van der Waals surface area (Å²) in [6.45, 7) is 0. The Bertz CT molecular complexity index is 129. The van der Waals surface area contributed by atoms with Crippen LogP contribution in [-0.2, 0) is 24.5 Å². The zero-order valence-corrected chi connectivity index (χ0v) is 3.73. The number of rotatable bonds is 0. The molecule has 0 fully saturated rings. The quantitative estimate of drug-likeness (QED) is 0.418. The molecule has 0 saturated carbocycles. The van der Waals surface area contributed by atoms with Crippen LogP contribution >= 0.6 is 0 Å². The van der Waals surface area contributed by atoms with Crippen LogP contribution in [0.25, 0.3) is 0 Å². The fraction of sp³-hybridized carbons (Fsp3) is 0. The zero-order valence-electron chi connectivity index (χ0n) is 2.55. The van der Waals surface area contributed by atoms with Gasteiger partial charge in [0.15, 0.2) is 0 Å². The summed E-state index contributed by atoms with van der Waals surface area (Å²) in [5, 5.41) is 0. The second-order valence-electron chi connectivity index (χ2n) is 0.396. The first-order valence-electron chi connectivity index (χ1n) is 0.632. The standard InChI is InChI=1S/K.Mn.2H2O.3O.H/h;;2*1H2;;;;/q;+1;;;;;;/p-1. The van der Waals surface area contributed by atoms with Gasteiger partial charge in [-0.15, -0.1) is 0 Å². The van der Waals surface area contributed by atoms with Crippen molar-refractivity contribution in [3.63, 3.8) is 0 Å². The van der Waals surface area contributed by atoms with Crippen LogP contribution < -0.4 is 0 Å². The monoisotopic (exact) mass is 178 g/mol. The minimum absolute atomic E-state index is 0. The average Bonchev–Trinajstić information content (AvgIpc) is 0.722. The van der Waals surface area contributed by atoms with Crippen molar-refractivity contribution in [2.24, 2.45) is 0 Å². The van der Waals surface area contributed by atoms with Gasteiger partial charge in [0, 0.05) is 0 Å². The van der Waals surface area contributed by atoms with Crippen LogP contribution in [0, 0.1) is 0 Å². The molecule has 7 heteroatoms. The Morgan fingerprint density at radius 2 is 1.14 bits per heavy atom. The Hall–Kier alpha value is 1.48. The van der Waals surface area contributed by atoms with Crippen LogP contribution in [-0.4, -0.2) is 61.0 Å². The summed E-state index contributed by atoms with van der Waals surface area (Å²) in [5.74, 6) is 0. The molecule has 0 aliphatic carbocycles. The molecular formula is H4KMnO5. The summed E-state index contributed by atoms with van der Waals surface area (Å²) in [7, 11) is 0. The summed E-state index contributed by atoms with van der Waals surface area (Å²) in [5.41, 5.74) is 0. The summed E-state index contributed by atoms with van der Waals surface area (Å²) < 4.78 is 33.1. The van der Waals surface area contributed by atoms with Gasteiger partial charge in [-0.05, 0) is 0 Å². The van der Waals surface area contributed by atoms with E-state index in [1.165, 1.54) is 0 Å². The first kappa shape index (κ1) is 15.8. The Labute approximate surface area is 84.0 Å². The molecule has 3 N–H and O–H groups in total. The Morgan fingerprint density at radius 3 is 1.14 bits per heavy atom. The molecule has 0 amide bonds. The molecule has 0 aromatic carbocycles. The van der Waals surface area contributed by atoms with E-state index in [1.54, 1.807) is 0 Å². The number of hydrogen-bond acceptors (Lipinski definition) is 3. The van der Waals surface area contributed by atoms with E-state index in [-0.39, 0.29) is 56.9 Å². The van der Waals surface area contributed by atoms with E-state index in [1.807, 2.05) is 0 Å². The molecule has 0 heterocycles.